The first-order chi connectivity index (χ1) is 21.6. The van der Waals surface area contributed by atoms with Crippen molar-refractivity contribution in [1.82, 2.24) is 26.6 Å². The van der Waals surface area contributed by atoms with E-state index >= 15 is 0 Å². The van der Waals surface area contributed by atoms with Gasteiger partial charge in [0.15, 0.2) is 0 Å². The third kappa shape index (κ3) is 13.6. The second kappa shape index (κ2) is 20.2. The number of amides is 5. The molecule has 1 aromatic carbocycles. The predicted molar refractivity (Wildman–Crippen MR) is 175 cm³/mol. The summed E-state index contributed by atoms with van der Waals surface area (Å²) in [5.41, 5.74) is 6.46. The molecule has 0 fully saturated rings. The van der Waals surface area contributed by atoms with Crippen molar-refractivity contribution >= 4 is 35.5 Å². The average molecular weight is 647 g/mol. The summed E-state index contributed by atoms with van der Waals surface area (Å²) in [6, 6.07) is 3.96. The molecule has 5 amide bonds. The lowest BCUT2D eigenvalue weighted by Crippen LogP contribution is -2.60. The van der Waals surface area contributed by atoms with Gasteiger partial charge >= 0.3 is 5.97 Å². The molecule has 0 aromatic heterocycles. The largest absolute Gasteiger partial charge is 0.480 e. The highest BCUT2D eigenvalue weighted by Crippen LogP contribution is 2.12. The minimum atomic E-state index is -1.19. The van der Waals surface area contributed by atoms with Gasteiger partial charge in [-0.1, -0.05) is 78.3 Å². The van der Waals surface area contributed by atoms with Crippen LogP contribution < -0.4 is 32.3 Å². The van der Waals surface area contributed by atoms with Crippen molar-refractivity contribution < 1.29 is 33.9 Å². The van der Waals surface area contributed by atoms with E-state index in [-0.39, 0.29) is 30.6 Å². The number of carboxylic acids is 1. The summed E-state index contributed by atoms with van der Waals surface area (Å²) in [5.74, 6) is -4.95. The van der Waals surface area contributed by atoms with E-state index in [9.17, 15) is 33.9 Å². The quantitative estimate of drug-likeness (QED) is 0.102. The third-order valence-corrected chi connectivity index (χ3v) is 7.83. The maximum Gasteiger partial charge on any atom is 0.326 e. The fraction of sp³-hybridized carbons (Fsp3) is 0.636. The molecule has 0 heterocycles. The van der Waals surface area contributed by atoms with Crippen molar-refractivity contribution in [2.75, 3.05) is 6.54 Å². The fourth-order valence-corrected chi connectivity index (χ4v) is 4.68. The Morgan fingerprint density at radius 2 is 1.26 bits per heavy atom. The Morgan fingerprint density at radius 1 is 0.696 bits per heavy atom. The summed E-state index contributed by atoms with van der Waals surface area (Å²) >= 11 is 0. The van der Waals surface area contributed by atoms with Crippen molar-refractivity contribution in [3.05, 3.63) is 35.9 Å². The van der Waals surface area contributed by atoms with E-state index in [1.807, 2.05) is 44.2 Å². The first kappa shape index (κ1) is 40.0. The highest BCUT2D eigenvalue weighted by Gasteiger charge is 2.33. The van der Waals surface area contributed by atoms with E-state index in [1.165, 1.54) is 6.92 Å². The zero-order chi connectivity index (χ0) is 35.0. The molecule has 1 rings (SSSR count). The molecule has 13 heteroatoms. The molecule has 0 spiro atoms. The van der Waals surface area contributed by atoms with Gasteiger partial charge in [0.25, 0.3) is 0 Å². The van der Waals surface area contributed by atoms with Crippen LogP contribution in [-0.4, -0.2) is 77.4 Å². The Bertz CT molecular complexity index is 1160. The van der Waals surface area contributed by atoms with Crippen LogP contribution in [0.3, 0.4) is 0 Å². The number of carboxylic acid groups (broad SMARTS) is 1. The van der Waals surface area contributed by atoms with Crippen molar-refractivity contribution in [2.45, 2.75) is 111 Å². The smallest absolute Gasteiger partial charge is 0.326 e. The van der Waals surface area contributed by atoms with Crippen LogP contribution in [0.4, 0.5) is 0 Å². The summed E-state index contributed by atoms with van der Waals surface area (Å²) in [4.78, 5) is 77.3. The topological polar surface area (TPSA) is 209 Å². The number of unbranched alkanes of at least 4 members (excludes halogenated alkanes) is 1. The van der Waals surface area contributed by atoms with Crippen molar-refractivity contribution in [1.29, 1.82) is 0 Å². The number of aliphatic carboxylic acids is 1. The lowest BCUT2D eigenvalue weighted by Gasteiger charge is -2.29. The monoisotopic (exact) mass is 646 g/mol. The van der Waals surface area contributed by atoms with Crippen LogP contribution in [0, 0.1) is 17.8 Å². The molecule has 1 unspecified atom stereocenters. The fourth-order valence-electron chi connectivity index (χ4n) is 4.68. The standard InChI is InChI=1S/C33H54N6O7/c1-8-21(6)28(37-25(40)18-23-14-10-9-11-15-23)32(44)36-24(16-12-13-17-34)30(42)38-26(19(2)3)31(43)35-22(7)29(41)39-27(20(4)5)33(45)46/h9-11,14-15,19-22,24,26-28H,8,12-13,16-18,34H2,1-7H3,(H,35,43)(H,36,44)(H,37,40)(H,38,42)(H,39,41)(H,45,46)/t21-,22+,24+,26+,27+,28?/m1/s1. The van der Waals surface area contributed by atoms with Crippen molar-refractivity contribution in [2.24, 2.45) is 23.5 Å². The van der Waals surface area contributed by atoms with Crippen LogP contribution in [0.25, 0.3) is 0 Å². The van der Waals surface area contributed by atoms with E-state index in [1.54, 1.807) is 27.7 Å². The van der Waals surface area contributed by atoms with Gasteiger partial charge in [0.05, 0.1) is 6.42 Å². The number of benzene rings is 1. The minimum absolute atomic E-state index is 0.0948. The van der Waals surface area contributed by atoms with E-state index in [4.69, 9.17) is 5.73 Å². The highest BCUT2D eigenvalue weighted by atomic mass is 16.4. The Labute approximate surface area is 272 Å². The first-order valence-corrected chi connectivity index (χ1v) is 16.1. The van der Waals surface area contributed by atoms with Gasteiger partial charge in [-0.3, -0.25) is 24.0 Å². The summed E-state index contributed by atoms with van der Waals surface area (Å²) in [6.07, 6.45) is 2.07. The second-order valence-electron chi connectivity index (χ2n) is 12.5. The number of hydrogen-bond donors (Lipinski definition) is 7. The first-order valence-electron chi connectivity index (χ1n) is 16.1. The summed E-state index contributed by atoms with van der Waals surface area (Å²) in [5, 5.41) is 22.7. The number of hydrogen-bond acceptors (Lipinski definition) is 7. The van der Waals surface area contributed by atoms with E-state index < -0.39 is 65.7 Å². The van der Waals surface area contributed by atoms with Gasteiger partial charge in [0.2, 0.25) is 29.5 Å². The zero-order valence-corrected chi connectivity index (χ0v) is 28.2. The molecule has 13 nitrogen and oxygen atoms in total. The maximum absolute atomic E-state index is 13.6. The van der Waals surface area contributed by atoms with Crippen LogP contribution in [0.2, 0.25) is 0 Å². The summed E-state index contributed by atoms with van der Waals surface area (Å²) in [7, 11) is 0. The third-order valence-electron chi connectivity index (χ3n) is 7.83. The normalized spacial score (nSPS) is 15.1. The zero-order valence-electron chi connectivity index (χ0n) is 28.2. The maximum atomic E-state index is 13.6. The molecule has 8 N–H and O–H groups in total. The number of carbonyl (C=O) groups excluding carboxylic acids is 5. The molecule has 0 aliphatic carbocycles. The van der Waals surface area contributed by atoms with Crippen molar-refractivity contribution in [3.63, 3.8) is 0 Å². The van der Waals surface area contributed by atoms with Crippen LogP contribution in [0.15, 0.2) is 30.3 Å². The van der Waals surface area contributed by atoms with Crippen LogP contribution in [-0.2, 0) is 35.2 Å². The molecule has 258 valence electrons. The van der Waals surface area contributed by atoms with Gasteiger partial charge in [-0.25, -0.2) is 4.79 Å². The molecule has 1 aromatic rings. The number of carbonyl (C=O) groups is 6. The SMILES string of the molecule is CC[C@@H](C)C(NC(=O)Cc1ccccc1)C(=O)N[C@@H](CCCCN)C(=O)N[C@H](C(=O)N[C@@H](C)C(=O)N[C@H](C(=O)O)C(C)C)C(C)C. The molecular weight excluding hydrogens is 592 g/mol. The Hall–Kier alpha value is -4.00. The Kier molecular flexibility index (Phi) is 17.6. The molecule has 0 bridgehead atoms. The number of nitrogens with one attached hydrogen (secondary N) is 5. The van der Waals surface area contributed by atoms with Gasteiger partial charge < -0.3 is 37.4 Å². The molecule has 0 aliphatic heterocycles. The van der Waals surface area contributed by atoms with E-state index in [2.05, 4.69) is 26.6 Å². The van der Waals surface area contributed by atoms with E-state index in [0.29, 0.717) is 25.8 Å². The van der Waals surface area contributed by atoms with Gasteiger partial charge in [0, 0.05) is 0 Å². The van der Waals surface area contributed by atoms with E-state index in [0.717, 1.165) is 5.56 Å². The molecule has 0 saturated carbocycles. The summed E-state index contributed by atoms with van der Waals surface area (Å²) < 4.78 is 0. The summed E-state index contributed by atoms with van der Waals surface area (Å²) in [6.45, 7) is 12.3. The van der Waals surface area contributed by atoms with Gasteiger partial charge in [0.1, 0.15) is 30.2 Å². The lowest BCUT2D eigenvalue weighted by atomic mass is 9.96. The molecular formula is C33H54N6O7. The second-order valence-corrected chi connectivity index (χ2v) is 12.5. The minimum Gasteiger partial charge on any atom is -0.480 e. The average Bonchev–Trinajstić information content (AvgIpc) is 2.99. The number of nitrogens with two attached hydrogens (primary N) is 1. The highest BCUT2D eigenvalue weighted by molar-refractivity contribution is 5.96. The van der Waals surface area contributed by atoms with Gasteiger partial charge in [-0.15, -0.1) is 0 Å². The van der Waals surface area contributed by atoms with Gasteiger partial charge in [-0.2, -0.15) is 0 Å². The van der Waals surface area contributed by atoms with Crippen LogP contribution in [0.5, 0.6) is 0 Å². The predicted octanol–water partition coefficient (Wildman–Crippen LogP) is 1.24. The van der Waals surface area contributed by atoms with Crippen molar-refractivity contribution in [3.8, 4) is 0 Å². The number of rotatable bonds is 20. The molecule has 0 radical (unpaired) electrons. The molecule has 0 aliphatic rings. The Morgan fingerprint density at radius 3 is 1.78 bits per heavy atom. The Balaban J connectivity index is 3.06. The molecule has 46 heavy (non-hydrogen) atoms. The van der Waals surface area contributed by atoms with Gasteiger partial charge in [-0.05, 0) is 56.0 Å². The van der Waals surface area contributed by atoms with Crippen LogP contribution >= 0.6 is 0 Å². The molecule has 0 saturated heterocycles. The van der Waals surface area contributed by atoms with Crippen LogP contribution in [0.1, 0.15) is 79.7 Å². The molecule has 6 atom stereocenters. The lowest BCUT2D eigenvalue weighted by molar-refractivity contribution is -0.143.